The van der Waals surface area contributed by atoms with E-state index in [1.807, 2.05) is 0 Å². The fraction of sp³-hybridized carbons (Fsp3) is 1.00. The number of nitrogens with zero attached hydrogens (tertiary/aromatic N) is 4. The highest BCUT2D eigenvalue weighted by Crippen LogP contribution is 2.37. The Kier molecular flexibility index (Phi) is 9.36. The molecule has 2 aliphatic heterocycles. The number of piperidine rings is 2. The first kappa shape index (κ1) is 22.1. The zero-order chi connectivity index (χ0) is 19.0. The Hall–Kier alpha value is -0.160. The zero-order valence-corrected chi connectivity index (χ0v) is 18.5. The summed E-state index contributed by atoms with van der Waals surface area (Å²) in [5.74, 6) is 0. The van der Waals surface area contributed by atoms with Gasteiger partial charge in [-0.2, -0.15) is 0 Å². The normalized spacial score (nSPS) is 23.7. The average Bonchev–Trinajstić information content (AvgIpc) is 2.66. The van der Waals surface area contributed by atoms with Crippen molar-refractivity contribution >= 4 is 0 Å². The van der Waals surface area contributed by atoms with Crippen molar-refractivity contribution in [2.45, 2.75) is 84.3 Å². The van der Waals surface area contributed by atoms with E-state index in [9.17, 15) is 0 Å². The maximum Gasteiger partial charge on any atom is 0.0813 e. The monoisotopic (exact) mass is 366 g/mol. The van der Waals surface area contributed by atoms with E-state index in [1.54, 1.807) is 0 Å². The van der Waals surface area contributed by atoms with Gasteiger partial charge in [0.2, 0.25) is 0 Å². The molecule has 0 aliphatic carbocycles. The molecule has 0 radical (unpaired) electrons. The molecule has 0 saturated carbocycles. The van der Waals surface area contributed by atoms with Crippen LogP contribution in [0.4, 0.5) is 0 Å². The Balaban J connectivity index is 2.41. The first-order valence-corrected chi connectivity index (χ1v) is 11.5. The maximum absolute atomic E-state index is 2.89. The number of rotatable bonds is 10. The summed E-state index contributed by atoms with van der Waals surface area (Å²) in [7, 11) is 2.30. The van der Waals surface area contributed by atoms with Gasteiger partial charge >= 0.3 is 0 Å². The fourth-order valence-electron chi connectivity index (χ4n) is 5.60. The molecule has 154 valence electrons. The van der Waals surface area contributed by atoms with E-state index in [-0.39, 0.29) is 0 Å². The Morgan fingerprint density at radius 1 is 0.808 bits per heavy atom. The van der Waals surface area contributed by atoms with Gasteiger partial charge in [-0.3, -0.25) is 14.7 Å². The van der Waals surface area contributed by atoms with Crippen molar-refractivity contribution in [3.05, 3.63) is 0 Å². The van der Waals surface area contributed by atoms with Gasteiger partial charge in [0.15, 0.2) is 0 Å². The number of hydrogen-bond donors (Lipinski definition) is 0. The molecule has 2 rings (SSSR count). The summed E-state index contributed by atoms with van der Waals surface area (Å²) in [4.78, 5) is 11.1. The lowest BCUT2D eigenvalue weighted by Gasteiger charge is -2.58. The van der Waals surface area contributed by atoms with Gasteiger partial charge in [0, 0.05) is 0 Å². The molecule has 0 spiro atoms. The quantitative estimate of drug-likeness (QED) is 0.584. The molecule has 0 aromatic carbocycles. The molecule has 2 saturated heterocycles. The Morgan fingerprint density at radius 3 is 1.81 bits per heavy atom. The second-order valence-corrected chi connectivity index (χ2v) is 8.59. The van der Waals surface area contributed by atoms with Crippen LogP contribution in [-0.4, -0.2) is 90.7 Å². The molecule has 1 atom stereocenters. The van der Waals surface area contributed by atoms with Crippen molar-refractivity contribution in [3.63, 3.8) is 0 Å². The molecule has 4 heteroatoms. The van der Waals surface area contributed by atoms with Crippen LogP contribution in [-0.2, 0) is 0 Å². The summed E-state index contributed by atoms with van der Waals surface area (Å²) in [6.07, 6.45) is 9.94. The SMILES string of the molecule is CCCN(CCC)C(N1CCCCC1)C1(N(CC)CC)CCN(C)CC1. The van der Waals surface area contributed by atoms with Crippen molar-refractivity contribution < 1.29 is 0 Å². The van der Waals surface area contributed by atoms with Crippen molar-refractivity contribution in [3.8, 4) is 0 Å². The number of likely N-dealkylation sites (N-methyl/N-ethyl adjacent to an activating group) is 1. The third-order valence-corrected chi connectivity index (χ3v) is 6.83. The molecule has 1 unspecified atom stereocenters. The Bertz CT molecular complexity index is 362. The van der Waals surface area contributed by atoms with E-state index in [4.69, 9.17) is 0 Å². The van der Waals surface area contributed by atoms with Crippen molar-refractivity contribution in [2.24, 2.45) is 0 Å². The summed E-state index contributed by atoms with van der Waals surface area (Å²) < 4.78 is 0. The van der Waals surface area contributed by atoms with Crippen LogP contribution in [0.25, 0.3) is 0 Å². The van der Waals surface area contributed by atoms with Crippen LogP contribution >= 0.6 is 0 Å². The molecule has 0 aromatic rings. The smallest absolute Gasteiger partial charge is 0.0813 e. The second-order valence-electron chi connectivity index (χ2n) is 8.59. The summed E-state index contributed by atoms with van der Waals surface area (Å²) in [5.41, 5.74) is 0.317. The van der Waals surface area contributed by atoms with Gasteiger partial charge in [-0.05, 0) is 97.9 Å². The van der Waals surface area contributed by atoms with Crippen molar-refractivity contribution in [1.29, 1.82) is 0 Å². The standard InChI is InChI=1S/C22H46N4/c1-6-15-24(16-7-2)21(25-17-11-10-12-18-25)22(26(8-3)9-4)13-19-23(5)20-14-22/h21H,6-20H2,1-5H3. The van der Waals surface area contributed by atoms with E-state index in [0.717, 1.165) is 0 Å². The first-order chi connectivity index (χ1) is 12.6. The van der Waals surface area contributed by atoms with Gasteiger partial charge in [-0.1, -0.05) is 34.1 Å². The molecule has 2 aliphatic rings. The summed E-state index contributed by atoms with van der Waals surface area (Å²) in [6, 6.07) is 0. The lowest BCUT2D eigenvalue weighted by molar-refractivity contribution is -0.110. The lowest BCUT2D eigenvalue weighted by atomic mass is 9.80. The van der Waals surface area contributed by atoms with Crippen LogP contribution in [0, 0.1) is 0 Å². The molecule has 2 fully saturated rings. The molecule has 0 amide bonds. The van der Waals surface area contributed by atoms with Crippen molar-refractivity contribution in [2.75, 3.05) is 59.4 Å². The van der Waals surface area contributed by atoms with E-state index >= 15 is 0 Å². The van der Waals surface area contributed by atoms with Gasteiger partial charge < -0.3 is 4.90 Å². The van der Waals surface area contributed by atoms with Gasteiger partial charge in [-0.15, -0.1) is 0 Å². The minimum absolute atomic E-state index is 0.317. The number of hydrogen-bond acceptors (Lipinski definition) is 4. The van der Waals surface area contributed by atoms with Crippen molar-refractivity contribution in [1.82, 2.24) is 19.6 Å². The molecule has 4 nitrogen and oxygen atoms in total. The van der Waals surface area contributed by atoms with Gasteiger partial charge in [-0.25, -0.2) is 0 Å². The largest absolute Gasteiger partial charge is 0.306 e. The van der Waals surface area contributed by atoms with E-state index in [0.29, 0.717) is 11.7 Å². The Labute approximate surface area is 163 Å². The predicted octanol–water partition coefficient (Wildman–Crippen LogP) is 3.73. The zero-order valence-electron chi connectivity index (χ0n) is 18.5. The van der Waals surface area contributed by atoms with E-state index in [1.165, 1.54) is 97.3 Å². The molecular formula is C22H46N4. The fourth-order valence-corrected chi connectivity index (χ4v) is 5.60. The highest BCUT2D eigenvalue weighted by molar-refractivity contribution is 5.04. The van der Waals surface area contributed by atoms with Crippen LogP contribution in [0.1, 0.15) is 72.6 Å². The van der Waals surface area contributed by atoms with Crippen LogP contribution < -0.4 is 0 Å². The van der Waals surface area contributed by atoms with Crippen LogP contribution in [0.3, 0.4) is 0 Å². The van der Waals surface area contributed by atoms with E-state index < -0.39 is 0 Å². The summed E-state index contributed by atoms with van der Waals surface area (Å²) in [6.45, 7) is 19.4. The highest BCUT2D eigenvalue weighted by atomic mass is 15.4. The van der Waals surface area contributed by atoms with Crippen LogP contribution in [0.5, 0.6) is 0 Å². The summed E-state index contributed by atoms with van der Waals surface area (Å²) >= 11 is 0. The van der Waals surface area contributed by atoms with Gasteiger partial charge in [0.25, 0.3) is 0 Å². The topological polar surface area (TPSA) is 13.0 Å². The number of likely N-dealkylation sites (tertiary alicyclic amines) is 2. The van der Waals surface area contributed by atoms with Crippen LogP contribution in [0.2, 0.25) is 0 Å². The third-order valence-electron chi connectivity index (χ3n) is 6.83. The molecular weight excluding hydrogens is 320 g/mol. The molecule has 26 heavy (non-hydrogen) atoms. The molecule has 0 bridgehead atoms. The highest BCUT2D eigenvalue weighted by Gasteiger charge is 2.49. The molecule has 0 aromatic heterocycles. The average molecular weight is 367 g/mol. The minimum Gasteiger partial charge on any atom is -0.306 e. The molecule has 2 heterocycles. The van der Waals surface area contributed by atoms with E-state index in [2.05, 4.69) is 54.3 Å². The lowest BCUT2D eigenvalue weighted by Crippen LogP contribution is -2.71. The minimum atomic E-state index is 0.317. The maximum atomic E-state index is 2.89. The van der Waals surface area contributed by atoms with Gasteiger partial charge in [0.1, 0.15) is 0 Å². The molecule has 0 N–H and O–H groups in total. The Morgan fingerprint density at radius 2 is 1.35 bits per heavy atom. The van der Waals surface area contributed by atoms with Crippen LogP contribution in [0.15, 0.2) is 0 Å². The predicted molar refractivity (Wildman–Crippen MR) is 114 cm³/mol. The summed E-state index contributed by atoms with van der Waals surface area (Å²) in [5, 5.41) is 0. The second kappa shape index (κ2) is 11.0. The first-order valence-electron chi connectivity index (χ1n) is 11.5. The van der Waals surface area contributed by atoms with Gasteiger partial charge in [0.05, 0.1) is 11.7 Å². The third kappa shape index (κ3) is 5.01.